The molecule has 0 aromatic heterocycles. The number of rotatable bonds is 7. The van der Waals surface area contributed by atoms with Crippen LogP contribution in [0.3, 0.4) is 0 Å². The Kier molecular flexibility index (Phi) is 7.40. The lowest BCUT2D eigenvalue weighted by Crippen LogP contribution is -2.53. The highest BCUT2D eigenvalue weighted by Gasteiger charge is 2.46. The van der Waals surface area contributed by atoms with Gasteiger partial charge in [-0.25, -0.2) is 0 Å². The average molecular weight is 466 g/mol. The predicted octanol–water partition coefficient (Wildman–Crippen LogP) is 5.53. The number of hydrogen-bond acceptors (Lipinski definition) is 5. The quantitative estimate of drug-likeness (QED) is 0.544. The zero-order valence-corrected chi connectivity index (χ0v) is 19.8. The van der Waals surface area contributed by atoms with Crippen molar-refractivity contribution in [3.8, 4) is 17.2 Å². The Bertz CT molecular complexity index is 941. The van der Waals surface area contributed by atoms with Crippen LogP contribution in [0, 0.1) is 11.8 Å². The van der Waals surface area contributed by atoms with Crippen molar-refractivity contribution in [3.05, 3.63) is 51.5 Å². The third-order valence-corrected chi connectivity index (χ3v) is 6.85. The second-order valence-electron chi connectivity index (χ2n) is 8.43. The van der Waals surface area contributed by atoms with Crippen LogP contribution < -0.4 is 9.47 Å². The van der Waals surface area contributed by atoms with E-state index in [1.165, 1.54) is 7.11 Å². The maximum atomic E-state index is 12.1. The van der Waals surface area contributed by atoms with Crippen LogP contribution in [0.15, 0.2) is 30.3 Å². The molecule has 1 aliphatic rings. The third-order valence-electron chi connectivity index (χ3n) is 6.11. The van der Waals surface area contributed by atoms with Gasteiger partial charge in [-0.15, -0.1) is 0 Å². The largest absolute Gasteiger partial charge is 0.507 e. The van der Waals surface area contributed by atoms with Gasteiger partial charge in [0.2, 0.25) is 0 Å². The molecule has 3 atom stereocenters. The minimum atomic E-state index is -0.985. The van der Waals surface area contributed by atoms with Gasteiger partial charge in [0.15, 0.2) is 0 Å². The van der Waals surface area contributed by atoms with E-state index >= 15 is 0 Å². The van der Waals surface area contributed by atoms with E-state index in [0.29, 0.717) is 38.9 Å². The molecule has 3 rings (SSSR count). The summed E-state index contributed by atoms with van der Waals surface area (Å²) in [7, 11) is 3.07. The van der Waals surface area contributed by atoms with Crippen molar-refractivity contribution in [1.29, 1.82) is 0 Å². The van der Waals surface area contributed by atoms with E-state index in [1.54, 1.807) is 31.4 Å². The topological polar surface area (TPSA) is 59.0 Å². The number of aldehydes is 1. The molecule has 2 aromatic rings. The summed E-state index contributed by atoms with van der Waals surface area (Å²) in [4.78, 5) is 14.4. The minimum absolute atomic E-state index is 0.00463. The molecule has 0 spiro atoms. The van der Waals surface area contributed by atoms with E-state index in [0.717, 1.165) is 31.4 Å². The van der Waals surface area contributed by atoms with Crippen LogP contribution in [-0.4, -0.2) is 43.6 Å². The highest BCUT2D eigenvalue weighted by molar-refractivity contribution is 6.42. The van der Waals surface area contributed by atoms with Crippen LogP contribution in [0.5, 0.6) is 17.2 Å². The summed E-state index contributed by atoms with van der Waals surface area (Å²) in [5, 5.41) is 12.0. The average Bonchev–Trinajstić information content (AvgIpc) is 2.73. The molecule has 3 unspecified atom stereocenters. The zero-order valence-electron chi connectivity index (χ0n) is 18.3. The lowest BCUT2D eigenvalue weighted by Gasteiger charge is -2.49. The number of phenols is 1. The van der Waals surface area contributed by atoms with Crippen molar-refractivity contribution < 1.29 is 19.4 Å². The smallest absolute Gasteiger partial charge is 0.131 e. The highest BCUT2D eigenvalue weighted by atomic mass is 35.5. The number of methoxy groups -OCH3 is 2. The molecule has 0 radical (unpaired) electrons. The van der Waals surface area contributed by atoms with Crippen molar-refractivity contribution in [2.75, 3.05) is 27.3 Å². The summed E-state index contributed by atoms with van der Waals surface area (Å²) in [6, 6.07) is 8.64. The number of carbonyl (C=O) groups excluding carboxylic acids is 1. The lowest BCUT2D eigenvalue weighted by atomic mass is 9.75. The minimum Gasteiger partial charge on any atom is -0.507 e. The molecule has 1 saturated heterocycles. The van der Waals surface area contributed by atoms with Gasteiger partial charge in [-0.1, -0.05) is 43.1 Å². The van der Waals surface area contributed by atoms with E-state index in [-0.39, 0.29) is 12.2 Å². The maximum Gasteiger partial charge on any atom is 0.131 e. The van der Waals surface area contributed by atoms with Crippen molar-refractivity contribution >= 4 is 29.5 Å². The van der Waals surface area contributed by atoms with E-state index in [9.17, 15) is 9.90 Å². The Labute approximate surface area is 193 Å². The first kappa shape index (κ1) is 23.7. The van der Waals surface area contributed by atoms with Crippen molar-refractivity contribution in [3.63, 3.8) is 0 Å². The summed E-state index contributed by atoms with van der Waals surface area (Å²) in [5.41, 5.74) is 0.303. The molecule has 0 bridgehead atoms. The fourth-order valence-corrected chi connectivity index (χ4v) is 5.25. The number of halogens is 2. The van der Waals surface area contributed by atoms with E-state index in [1.807, 2.05) is 6.07 Å². The van der Waals surface area contributed by atoms with Gasteiger partial charge in [-0.2, -0.15) is 0 Å². The monoisotopic (exact) mass is 465 g/mol. The first-order valence-corrected chi connectivity index (χ1v) is 11.1. The van der Waals surface area contributed by atoms with Crippen LogP contribution >= 0.6 is 23.2 Å². The Morgan fingerprint density at radius 1 is 1.10 bits per heavy atom. The molecule has 1 fully saturated rings. The molecule has 5 nitrogen and oxygen atoms in total. The summed E-state index contributed by atoms with van der Waals surface area (Å²) < 4.78 is 11.0. The van der Waals surface area contributed by atoms with Crippen LogP contribution in [0.2, 0.25) is 10.0 Å². The van der Waals surface area contributed by atoms with Gasteiger partial charge >= 0.3 is 0 Å². The first-order chi connectivity index (χ1) is 14.8. The van der Waals surface area contributed by atoms with E-state index < -0.39 is 5.54 Å². The molecule has 7 heteroatoms. The Balaban J connectivity index is 2.37. The first-order valence-electron chi connectivity index (χ1n) is 10.4. The van der Waals surface area contributed by atoms with E-state index in [2.05, 4.69) is 18.7 Å². The number of phenolic OH excluding ortho intramolecular Hbond substituents is 1. The fourth-order valence-electron chi connectivity index (χ4n) is 4.95. The normalized spacial score (nSPS) is 21.4. The van der Waals surface area contributed by atoms with E-state index in [4.69, 9.17) is 32.7 Å². The van der Waals surface area contributed by atoms with Crippen molar-refractivity contribution in [2.45, 2.75) is 32.2 Å². The summed E-state index contributed by atoms with van der Waals surface area (Å²) >= 11 is 12.6. The highest BCUT2D eigenvalue weighted by Crippen LogP contribution is 2.50. The molecule has 1 aliphatic heterocycles. The van der Waals surface area contributed by atoms with Gasteiger partial charge < -0.3 is 19.4 Å². The fraction of sp³-hybridized carbons (Fsp3) is 0.458. The number of likely N-dealkylation sites (tertiary alicyclic amines) is 1. The number of ether oxygens (including phenoxy) is 2. The van der Waals surface area contributed by atoms with Crippen molar-refractivity contribution in [2.24, 2.45) is 11.8 Å². The molecule has 1 N–H and O–H groups in total. The molecule has 1 heterocycles. The lowest BCUT2D eigenvalue weighted by molar-refractivity contribution is -0.110. The number of benzene rings is 2. The standard InChI is InChI=1S/C24H29Cl2NO4/c1-15-9-16(2)14-27(13-15)24(7-8-28,17-5-6-19(25)20(26)10-17)23-21(29)11-18(30-3)12-22(23)31-4/h5-6,8,10-12,15-16,29H,7,9,13-14H2,1-4H3. The summed E-state index contributed by atoms with van der Waals surface area (Å²) in [6.07, 6.45) is 2.09. The van der Waals surface area contributed by atoms with Gasteiger partial charge in [0.1, 0.15) is 23.5 Å². The Morgan fingerprint density at radius 3 is 2.32 bits per heavy atom. The molecule has 168 valence electrons. The molecule has 0 saturated carbocycles. The maximum absolute atomic E-state index is 12.1. The van der Waals surface area contributed by atoms with Gasteiger partial charge in [-0.3, -0.25) is 4.90 Å². The predicted molar refractivity (Wildman–Crippen MR) is 124 cm³/mol. The second kappa shape index (κ2) is 9.68. The number of nitrogens with zero attached hydrogens (tertiary/aromatic N) is 1. The van der Waals surface area contributed by atoms with Crippen LogP contribution in [0.25, 0.3) is 0 Å². The molecule has 2 aromatic carbocycles. The van der Waals surface area contributed by atoms with Crippen LogP contribution in [0.1, 0.15) is 37.8 Å². The summed E-state index contributed by atoms with van der Waals surface area (Å²) in [6.45, 7) is 5.92. The number of carbonyl (C=O) groups is 1. The van der Waals surface area contributed by atoms with Gasteiger partial charge in [0.05, 0.1) is 35.4 Å². The Hall–Kier alpha value is -1.95. The number of hydrogen-bond donors (Lipinski definition) is 1. The molecular weight excluding hydrogens is 437 g/mol. The number of piperidine rings is 1. The second-order valence-corrected chi connectivity index (χ2v) is 9.25. The molecule has 0 amide bonds. The Morgan fingerprint density at radius 2 is 1.77 bits per heavy atom. The molecular formula is C24H29Cl2NO4. The SMILES string of the molecule is COc1cc(O)c(C(CC=O)(c2ccc(Cl)c(Cl)c2)N2CC(C)CC(C)C2)c(OC)c1. The van der Waals surface area contributed by atoms with Crippen LogP contribution in [-0.2, 0) is 10.3 Å². The van der Waals surface area contributed by atoms with Gasteiger partial charge in [0, 0.05) is 31.6 Å². The van der Waals surface area contributed by atoms with Gasteiger partial charge in [-0.05, 0) is 36.0 Å². The van der Waals surface area contributed by atoms with Gasteiger partial charge in [0.25, 0.3) is 0 Å². The molecule has 0 aliphatic carbocycles. The van der Waals surface area contributed by atoms with Crippen LogP contribution in [0.4, 0.5) is 0 Å². The molecule has 31 heavy (non-hydrogen) atoms. The van der Waals surface area contributed by atoms with Crippen molar-refractivity contribution in [1.82, 2.24) is 4.90 Å². The zero-order chi connectivity index (χ0) is 22.8. The summed E-state index contributed by atoms with van der Waals surface area (Å²) in [5.74, 6) is 1.74. The number of aromatic hydroxyl groups is 1. The third kappa shape index (κ3) is 4.50.